The smallest absolute Gasteiger partial charge is 0.249 e. The summed E-state index contributed by atoms with van der Waals surface area (Å²) in [4.78, 5) is 15.1. The Morgan fingerprint density at radius 2 is 1.66 bits per heavy atom. The van der Waals surface area contributed by atoms with Crippen molar-refractivity contribution in [3.8, 4) is 11.5 Å². The average molecular weight is 452 g/mol. The van der Waals surface area contributed by atoms with Crippen molar-refractivity contribution in [3.63, 3.8) is 0 Å². The first-order valence-corrected chi connectivity index (χ1v) is 10.9. The second kappa shape index (κ2) is 10.1. The summed E-state index contributed by atoms with van der Waals surface area (Å²) in [6.45, 7) is 0.948. The van der Waals surface area contributed by atoms with Gasteiger partial charge in [-0.1, -0.05) is 60.1 Å². The average Bonchev–Trinajstić information content (AvgIpc) is 2.83. The van der Waals surface area contributed by atoms with Crippen molar-refractivity contribution in [2.24, 2.45) is 0 Å². The number of halogens is 1. The topological polar surface area (TPSA) is 48.0 Å². The molecule has 0 spiro atoms. The van der Waals surface area contributed by atoms with Crippen molar-refractivity contribution in [1.29, 1.82) is 0 Å². The molecule has 0 unspecified atom stereocenters. The highest BCUT2D eigenvalue weighted by molar-refractivity contribution is 6.31. The fourth-order valence-electron chi connectivity index (χ4n) is 4.16. The lowest BCUT2D eigenvalue weighted by Crippen LogP contribution is -2.42. The summed E-state index contributed by atoms with van der Waals surface area (Å²) in [7, 11) is 3.23. The van der Waals surface area contributed by atoms with Crippen LogP contribution in [0.3, 0.4) is 0 Å². The molecule has 0 radical (unpaired) electrons. The van der Waals surface area contributed by atoms with Gasteiger partial charge >= 0.3 is 0 Å². The van der Waals surface area contributed by atoms with Crippen molar-refractivity contribution in [2.75, 3.05) is 27.4 Å². The largest absolute Gasteiger partial charge is 0.493 e. The number of fused-ring (bicyclic) bond motifs is 1. The predicted molar refractivity (Wildman–Crippen MR) is 124 cm³/mol. The molecule has 4 rings (SSSR count). The van der Waals surface area contributed by atoms with Crippen LogP contribution in [0.4, 0.5) is 0 Å². The minimum atomic E-state index is -0.333. The maximum absolute atomic E-state index is 13.3. The van der Waals surface area contributed by atoms with Gasteiger partial charge in [-0.05, 0) is 46.9 Å². The lowest BCUT2D eigenvalue weighted by Gasteiger charge is -2.38. The molecule has 0 saturated heterocycles. The van der Waals surface area contributed by atoms with Gasteiger partial charge in [0.25, 0.3) is 0 Å². The summed E-state index contributed by atoms with van der Waals surface area (Å²) in [6, 6.07) is 21.1. The molecule has 1 atom stereocenters. The molecule has 0 bridgehead atoms. The highest BCUT2D eigenvalue weighted by Gasteiger charge is 2.34. The maximum atomic E-state index is 13.3. The van der Waals surface area contributed by atoms with Crippen LogP contribution in [-0.4, -0.2) is 38.2 Å². The number of benzene rings is 3. The van der Waals surface area contributed by atoms with Gasteiger partial charge in [0.2, 0.25) is 5.91 Å². The highest BCUT2D eigenvalue weighted by atomic mass is 35.5. The Balaban J connectivity index is 1.65. The third-order valence-corrected chi connectivity index (χ3v) is 6.08. The molecule has 1 aliphatic heterocycles. The number of ether oxygens (including phenoxy) is 3. The van der Waals surface area contributed by atoms with E-state index in [-0.39, 0.29) is 18.6 Å². The van der Waals surface area contributed by atoms with Crippen LogP contribution in [-0.2, 0) is 22.6 Å². The van der Waals surface area contributed by atoms with Gasteiger partial charge in [-0.3, -0.25) is 4.79 Å². The van der Waals surface area contributed by atoms with E-state index < -0.39 is 0 Å². The van der Waals surface area contributed by atoms with E-state index in [1.54, 1.807) is 14.2 Å². The van der Waals surface area contributed by atoms with Crippen LogP contribution in [0.2, 0.25) is 5.02 Å². The maximum Gasteiger partial charge on any atom is 0.249 e. The van der Waals surface area contributed by atoms with E-state index in [0.29, 0.717) is 36.1 Å². The molecule has 0 aliphatic carbocycles. The molecule has 0 aromatic heterocycles. The standard InChI is InChI=1S/C26H26ClNO4/c1-30-23-14-19-12-13-28(25(29)17-32-16-18-8-4-3-5-9-18)26(21(19)15-24(23)31-2)20-10-6-7-11-22(20)27/h3-11,14-15,26H,12-13,16-17H2,1-2H3/t26-/m0/s1. The Morgan fingerprint density at radius 3 is 2.38 bits per heavy atom. The first-order chi connectivity index (χ1) is 15.6. The van der Waals surface area contributed by atoms with Gasteiger partial charge in [0, 0.05) is 11.6 Å². The quantitative estimate of drug-likeness (QED) is 0.504. The zero-order chi connectivity index (χ0) is 22.5. The monoisotopic (exact) mass is 451 g/mol. The molecule has 166 valence electrons. The normalized spacial score (nSPS) is 15.2. The summed E-state index contributed by atoms with van der Waals surface area (Å²) in [5.74, 6) is 1.22. The number of hydrogen-bond acceptors (Lipinski definition) is 4. The van der Waals surface area contributed by atoms with Gasteiger partial charge in [-0.15, -0.1) is 0 Å². The zero-order valence-electron chi connectivity index (χ0n) is 18.2. The summed E-state index contributed by atoms with van der Waals surface area (Å²) in [5.41, 5.74) is 4.00. The van der Waals surface area contributed by atoms with Crippen LogP contribution in [0, 0.1) is 0 Å². The number of nitrogens with zero attached hydrogens (tertiary/aromatic N) is 1. The second-order valence-electron chi connectivity index (χ2n) is 7.65. The molecule has 3 aromatic carbocycles. The molecule has 0 fully saturated rings. The van der Waals surface area contributed by atoms with Crippen LogP contribution < -0.4 is 9.47 Å². The summed E-state index contributed by atoms with van der Waals surface area (Å²) < 4.78 is 16.8. The van der Waals surface area contributed by atoms with E-state index in [9.17, 15) is 4.79 Å². The Hall–Kier alpha value is -3.02. The zero-order valence-corrected chi connectivity index (χ0v) is 19.0. The number of carbonyl (C=O) groups excluding carboxylic acids is 1. The Labute approximate surface area is 193 Å². The van der Waals surface area contributed by atoms with Gasteiger partial charge in [0.05, 0.1) is 26.9 Å². The van der Waals surface area contributed by atoms with Crippen molar-refractivity contribution >= 4 is 17.5 Å². The van der Waals surface area contributed by atoms with Crippen LogP contribution >= 0.6 is 11.6 Å². The summed E-state index contributed by atoms with van der Waals surface area (Å²) in [6.07, 6.45) is 0.709. The molecule has 1 aliphatic rings. The number of carbonyl (C=O) groups is 1. The number of hydrogen-bond donors (Lipinski definition) is 0. The van der Waals surface area contributed by atoms with Crippen LogP contribution in [0.5, 0.6) is 11.5 Å². The molecule has 0 saturated carbocycles. The fraction of sp³-hybridized carbons (Fsp3) is 0.269. The lowest BCUT2D eigenvalue weighted by molar-refractivity contribution is -0.138. The SMILES string of the molecule is COc1cc2c(cc1OC)[C@H](c1ccccc1Cl)N(C(=O)COCc1ccccc1)CC2. The molecular weight excluding hydrogens is 426 g/mol. The number of methoxy groups -OCH3 is 2. The van der Waals surface area contributed by atoms with Gasteiger partial charge < -0.3 is 19.1 Å². The van der Waals surface area contributed by atoms with E-state index in [1.165, 1.54) is 0 Å². The van der Waals surface area contributed by atoms with Gasteiger partial charge in [-0.25, -0.2) is 0 Å². The van der Waals surface area contributed by atoms with Gasteiger partial charge in [0.15, 0.2) is 11.5 Å². The molecule has 5 nitrogen and oxygen atoms in total. The van der Waals surface area contributed by atoms with Crippen molar-refractivity contribution in [1.82, 2.24) is 4.90 Å². The first-order valence-electron chi connectivity index (χ1n) is 10.5. The van der Waals surface area contributed by atoms with Gasteiger partial charge in [-0.2, -0.15) is 0 Å². The molecule has 1 amide bonds. The Bertz CT molecular complexity index is 1090. The van der Waals surface area contributed by atoms with Crippen LogP contribution in [0.25, 0.3) is 0 Å². The lowest BCUT2D eigenvalue weighted by atomic mass is 9.87. The molecule has 3 aromatic rings. The summed E-state index contributed by atoms with van der Waals surface area (Å²) >= 11 is 6.59. The van der Waals surface area contributed by atoms with E-state index in [0.717, 1.165) is 22.3 Å². The minimum absolute atomic E-state index is 0.00152. The predicted octanol–water partition coefficient (Wildman–Crippen LogP) is 5.05. The molecular formula is C26H26ClNO4. The second-order valence-corrected chi connectivity index (χ2v) is 8.05. The van der Waals surface area contributed by atoms with E-state index in [1.807, 2.05) is 71.6 Å². The Morgan fingerprint density at radius 1 is 0.969 bits per heavy atom. The van der Waals surface area contributed by atoms with Crippen molar-refractivity contribution < 1.29 is 19.0 Å². The van der Waals surface area contributed by atoms with E-state index >= 15 is 0 Å². The molecule has 1 heterocycles. The van der Waals surface area contributed by atoms with E-state index in [4.69, 9.17) is 25.8 Å². The van der Waals surface area contributed by atoms with Crippen molar-refractivity contribution in [3.05, 3.63) is 94.0 Å². The molecule has 6 heteroatoms. The third kappa shape index (κ3) is 4.59. The minimum Gasteiger partial charge on any atom is -0.493 e. The third-order valence-electron chi connectivity index (χ3n) is 5.73. The van der Waals surface area contributed by atoms with E-state index in [2.05, 4.69) is 0 Å². The summed E-state index contributed by atoms with van der Waals surface area (Å²) in [5, 5.41) is 0.614. The van der Waals surface area contributed by atoms with Gasteiger partial charge in [0.1, 0.15) is 6.61 Å². The molecule has 32 heavy (non-hydrogen) atoms. The fourth-order valence-corrected chi connectivity index (χ4v) is 4.40. The van der Waals surface area contributed by atoms with Crippen LogP contribution in [0.1, 0.15) is 28.3 Å². The number of amides is 1. The van der Waals surface area contributed by atoms with Crippen LogP contribution in [0.15, 0.2) is 66.7 Å². The molecule has 0 N–H and O–H groups in total. The first kappa shape index (κ1) is 22.2. The van der Waals surface area contributed by atoms with Crippen molar-refractivity contribution in [2.45, 2.75) is 19.1 Å². The number of rotatable bonds is 7. The highest BCUT2D eigenvalue weighted by Crippen LogP contribution is 2.42. The Kier molecular flexibility index (Phi) is 6.98.